The van der Waals surface area contributed by atoms with Gasteiger partial charge >= 0.3 is 11.9 Å². The van der Waals surface area contributed by atoms with E-state index >= 15 is 0 Å². The number of ether oxygens (including phenoxy) is 1. The summed E-state index contributed by atoms with van der Waals surface area (Å²) < 4.78 is 4.99. The fourth-order valence-electron chi connectivity index (χ4n) is 2.46. The molecule has 0 aliphatic heterocycles. The third-order valence-electron chi connectivity index (χ3n) is 3.86. The van der Waals surface area contributed by atoms with Crippen LogP contribution in [0.25, 0.3) is 0 Å². The number of benzene rings is 2. The zero-order valence-electron chi connectivity index (χ0n) is 16.1. The number of aliphatic carboxylic acids is 1. The van der Waals surface area contributed by atoms with E-state index in [1.165, 1.54) is 11.1 Å². The van der Waals surface area contributed by atoms with Crippen molar-refractivity contribution < 1.29 is 19.4 Å². The predicted octanol–water partition coefficient (Wildman–Crippen LogP) is 5.06. The van der Waals surface area contributed by atoms with E-state index in [-0.39, 0.29) is 12.4 Å². The molecule has 0 aromatic heterocycles. The summed E-state index contributed by atoms with van der Waals surface area (Å²) >= 11 is 0. The molecular formula is C23H30O4. The van der Waals surface area contributed by atoms with Gasteiger partial charge in [0, 0.05) is 12.8 Å². The van der Waals surface area contributed by atoms with Crippen LogP contribution in [0.15, 0.2) is 60.7 Å². The minimum absolute atomic E-state index is 0.0761. The molecule has 2 aromatic carbocycles. The van der Waals surface area contributed by atoms with E-state index in [1.54, 1.807) is 0 Å². The second-order valence-electron chi connectivity index (χ2n) is 6.29. The highest BCUT2D eigenvalue weighted by atomic mass is 16.5. The number of carboxylic acid groups (broad SMARTS) is 1. The molecule has 2 rings (SSSR count). The number of carbonyl (C=O) groups is 2. The Hall–Kier alpha value is -2.62. The van der Waals surface area contributed by atoms with Crippen molar-refractivity contribution in [1.82, 2.24) is 0 Å². The molecule has 0 aliphatic carbocycles. The maximum Gasteiger partial charge on any atom is 0.305 e. The molecule has 0 aliphatic rings. The zero-order valence-corrected chi connectivity index (χ0v) is 16.1. The van der Waals surface area contributed by atoms with E-state index in [2.05, 4.69) is 12.1 Å². The molecule has 27 heavy (non-hydrogen) atoms. The Bertz CT molecular complexity index is 638. The van der Waals surface area contributed by atoms with Gasteiger partial charge in [0.2, 0.25) is 0 Å². The number of rotatable bonds is 10. The SMILES string of the molecule is CCCOC(=O)CCCc1ccccc1.O=C(O)CCCc1ccccc1. The third-order valence-corrected chi connectivity index (χ3v) is 3.86. The summed E-state index contributed by atoms with van der Waals surface area (Å²) in [5.74, 6) is -0.793. The Labute approximate surface area is 162 Å². The lowest BCUT2D eigenvalue weighted by atomic mass is 10.1. The Balaban J connectivity index is 0.000000277. The van der Waals surface area contributed by atoms with Crippen LogP contribution in [-0.4, -0.2) is 23.7 Å². The van der Waals surface area contributed by atoms with Crippen molar-refractivity contribution in [1.29, 1.82) is 0 Å². The molecule has 2 aromatic rings. The molecule has 0 atom stereocenters. The molecule has 0 saturated carbocycles. The number of carboxylic acids is 1. The normalized spacial score (nSPS) is 9.81. The summed E-state index contributed by atoms with van der Waals surface area (Å²) in [7, 11) is 0. The fourth-order valence-corrected chi connectivity index (χ4v) is 2.46. The molecule has 4 heteroatoms. The predicted molar refractivity (Wildman–Crippen MR) is 108 cm³/mol. The van der Waals surface area contributed by atoms with Gasteiger partial charge in [-0.15, -0.1) is 0 Å². The van der Waals surface area contributed by atoms with Crippen LogP contribution >= 0.6 is 0 Å². The largest absolute Gasteiger partial charge is 0.481 e. The summed E-state index contributed by atoms with van der Waals surface area (Å²) in [6.45, 7) is 2.54. The molecular weight excluding hydrogens is 340 g/mol. The Kier molecular flexibility index (Phi) is 12.1. The van der Waals surface area contributed by atoms with Gasteiger partial charge in [-0.1, -0.05) is 67.6 Å². The smallest absolute Gasteiger partial charge is 0.305 e. The minimum Gasteiger partial charge on any atom is -0.481 e. The van der Waals surface area contributed by atoms with E-state index in [0.29, 0.717) is 13.0 Å². The van der Waals surface area contributed by atoms with Crippen molar-refractivity contribution in [3.05, 3.63) is 71.8 Å². The van der Waals surface area contributed by atoms with E-state index < -0.39 is 5.97 Å². The van der Waals surface area contributed by atoms with Crippen LogP contribution in [0.5, 0.6) is 0 Å². The van der Waals surface area contributed by atoms with Gasteiger partial charge in [-0.3, -0.25) is 9.59 Å². The van der Waals surface area contributed by atoms with Crippen LogP contribution in [0.4, 0.5) is 0 Å². The second-order valence-corrected chi connectivity index (χ2v) is 6.29. The standard InChI is InChI=1S/C13H18O2.C10H12O2/c1-2-11-15-13(14)10-6-9-12-7-4-3-5-8-12;11-10(12)8-4-7-9-5-2-1-3-6-9/h3-5,7-8H,2,6,9-11H2,1H3;1-3,5-6H,4,7-8H2,(H,11,12). The summed E-state index contributed by atoms with van der Waals surface area (Å²) in [4.78, 5) is 21.4. The number of aryl methyl sites for hydroxylation is 2. The van der Waals surface area contributed by atoms with Gasteiger partial charge < -0.3 is 9.84 Å². The number of carbonyl (C=O) groups excluding carboxylic acids is 1. The Morgan fingerprint density at radius 1 is 0.815 bits per heavy atom. The molecule has 4 nitrogen and oxygen atoms in total. The highest BCUT2D eigenvalue weighted by molar-refractivity contribution is 5.69. The van der Waals surface area contributed by atoms with Crippen molar-refractivity contribution in [2.75, 3.05) is 6.61 Å². The Morgan fingerprint density at radius 3 is 1.74 bits per heavy atom. The lowest BCUT2D eigenvalue weighted by Gasteiger charge is -2.03. The molecule has 1 N–H and O–H groups in total. The van der Waals surface area contributed by atoms with Crippen LogP contribution in [0.2, 0.25) is 0 Å². The summed E-state index contributed by atoms with van der Waals surface area (Å²) in [5, 5.41) is 8.39. The van der Waals surface area contributed by atoms with Gasteiger partial charge in [0.15, 0.2) is 0 Å². The monoisotopic (exact) mass is 370 g/mol. The summed E-state index contributed by atoms with van der Waals surface area (Å²) in [5.41, 5.74) is 2.49. The van der Waals surface area contributed by atoms with Gasteiger partial charge in [-0.2, -0.15) is 0 Å². The number of esters is 1. The maximum absolute atomic E-state index is 11.2. The van der Waals surface area contributed by atoms with Gasteiger partial charge in [0.1, 0.15) is 0 Å². The first-order valence-corrected chi connectivity index (χ1v) is 9.57. The highest BCUT2D eigenvalue weighted by Gasteiger charge is 2.01. The van der Waals surface area contributed by atoms with Crippen LogP contribution in [0.3, 0.4) is 0 Å². The Morgan fingerprint density at radius 2 is 1.30 bits per heavy atom. The van der Waals surface area contributed by atoms with Crippen molar-refractivity contribution >= 4 is 11.9 Å². The topological polar surface area (TPSA) is 63.6 Å². The molecule has 146 valence electrons. The average molecular weight is 370 g/mol. The quantitative estimate of drug-likeness (QED) is 0.594. The van der Waals surface area contributed by atoms with E-state index in [4.69, 9.17) is 9.84 Å². The van der Waals surface area contributed by atoms with Crippen LogP contribution < -0.4 is 0 Å². The van der Waals surface area contributed by atoms with E-state index in [9.17, 15) is 9.59 Å². The maximum atomic E-state index is 11.2. The first kappa shape index (κ1) is 22.4. The van der Waals surface area contributed by atoms with Crippen molar-refractivity contribution in [2.45, 2.75) is 51.9 Å². The van der Waals surface area contributed by atoms with Crippen LogP contribution in [-0.2, 0) is 27.2 Å². The fraction of sp³-hybridized carbons (Fsp3) is 0.391. The molecule has 0 unspecified atom stereocenters. The van der Waals surface area contributed by atoms with Crippen LogP contribution in [0, 0.1) is 0 Å². The second kappa shape index (κ2) is 14.5. The molecule has 0 spiro atoms. The first-order chi connectivity index (χ1) is 13.1. The zero-order chi connectivity index (χ0) is 19.7. The minimum atomic E-state index is -0.717. The number of hydrogen-bond acceptors (Lipinski definition) is 3. The molecule has 0 amide bonds. The molecule has 0 radical (unpaired) electrons. The summed E-state index contributed by atoms with van der Waals surface area (Å²) in [6.07, 6.45) is 5.06. The first-order valence-electron chi connectivity index (χ1n) is 9.57. The van der Waals surface area contributed by atoms with Crippen molar-refractivity contribution in [2.24, 2.45) is 0 Å². The lowest BCUT2D eigenvalue weighted by Crippen LogP contribution is -2.05. The van der Waals surface area contributed by atoms with E-state index in [1.807, 2.05) is 55.5 Å². The van der Waals surface area contributed by atoms with Gasteiger partial charge in [0.25, 0.3) is 0 Å². The van der Waals surface area contributed by atoms with Gasteiger partial charge in [0.05, 0.1) is 6.61 Å². The molecule has 0 heterocycles. The van der Waals surface area contributed by atoms with Crippen molar-refractivity contribution in [3.8, 4) is 0 Å². The highest BCUT2D eigenvalue weighted by Crippen LogP contribution is 2.05. The van der Waals surface area contributed by atoms with E-state index in [0.717, 1.165) is 32.1 Å². The van der Waals surface area contributed by atoms with Gasteiger partial charge in [-0.05, 0) is 43.2 Å². The third kappa shape index (κ3) is 12.4. The summed E-state index contributed by atoms with van der Waals surface area (Å²) in [6, 6.07) is 20.1. The van der Waals surface area contributed by atoms with Crippen LogP contribution in [0.1, 0.15) is 50.2 Å². The molecule has 0 bridgehead atoms. The molecule has 0 fully saturated rings. The lowest BCUT2D eigenvalue weighted by molar-refractivity contribution is -0.143. The average Bonchev–Trinajstić information content (AvgIpc) is 2.68. The van der Waals surface area contributed by atoms with Crippen molar-refractivity contribution in [3.63, 3.8) is 0 Å². The molecule has 0 saturated heterocycles. The number of hydrogen-bond donors (Lipinski definition) is 1. The van der Waals surface area contributed by atoms with Gasteiger partial charge in [-0.25, -0.2) is 0 Å².